The van der Waals surface area contributed by atoms with E-state index in [0.29, 0.717) is 45.7 Å². The lowest BCUT2D eigenvalue weighted by atomic mass is 10.3. The lowest BCUT2D eigenvalue weighted by Crippen LogP contribution is -2.37. The van der Waals surface area contributed by atoms with Crippen molar-refractivity contribution in [3.8, 4) is 0 Å². The molecule has 5 nitrogen and oxygen atoms in total. The first-order chi connectivity index (χ1) is 8.80. The standard InChI is InChI=1S/C13H27NO4/c1-13(2)14-3-5-15-7-9-17-11-12-18-10-8-16-6-4-14/h13H,3-12H2,1-2H3. The molecule has 0 aromatic heterocycles. The molecule has 0 atom stereocenters. The van der Waals surface area contributed by atoms with Gasteiger partial charge in [0.05, 0.1) is 52.9 Å². The van der Waals surface area contributed by atoms with Crippen LogP contribution in [0.5, 0.6) is 0 Å². The SMILES string of the molecule is CC(C)N1CCOCCOCCOCCOCC1. The molecule has 0 aromatic carbocycles. The molecule has 1 saturated heterocycles. The Hall–Kier alpha value is -0.200. The third-order valence-electron chi connectivity index (χ3n) is 2.89. The van der Waals surface area contributed by atoms with Crippen LogP contribution in [0.3, 0.4) is 0 Å². The predicted molar refractivity (Wildman–Crippen MR) is 70.0 cm³/mol. The van der Waals surface area contributed by atoms with Gasteiger partial charge in [-0.1, -0.05) is 0 Å². The Balaban J connectivity index is 2.24. The first kappa shape index (κ1) is 15.9. The molecule has 0 spiro atoms. The van der Waals surface area contributed by atoms with Crippen LogP contribution >= 0.6 is 0 Å². The molecule has 0 bridgehead atoms. The van der Waals surface area contributed by atoms with Crippen LogP contribution in [0.4, 0.5) is 0 Å². The lowest BCUT2D eigenvalue weighted by Gasteiger charge is -2.26. The zero-order chi connectivity index (χ0) is 13.1. The van der Waals surface area contributed by atoms with Gasteiger partial charge in [-0.05, 0) is 13.8 Å². The van der Waals surface area contributed by atoms with Crippen molar-refractivity contribution in [2.24, 2.45) is 0 Å². The molecule has 0 unspecified atom stereocenters. The van der Waals surface area contributed by atoms with Crippen molar-refractivity contribution in [3.63, 3.8) is 0 Å². The van der Waals surface area contributed by atoms with Crippen LogP contribution in [0.2, 0.25) is 0 Å². The largest absolute Gasteiger partial charge is 0.378 e. The van der Waals surface area contributed by atoms with Crippen LogP contribution in [0.15, 0.2) is 0 Å². The average Bonchev–Trinajstić information content (AvgIpc) is 2.36. The molecule has 0 aromatic rings. The van der Waals surface area contributed by atoms with Crippen molar-refractivity contribution in [1.82, 2.24) is 4.90 Å². The van der Waals surface area contributed by atoms with Crippen LogP contribution in [-0.2, 0) is 18.9 Å². The third kappa shape index (κ3) is 8.00. The van der Waals surface area contributed by atoms with Gasteiger partial charge in [0.25, 0.3) is 0 Å². The Morgan fingerprint density at radius 2 is 0.944 bits per heavy atom. The molecule has 1 aliphatic rings. The fourth-order valence-corrected chi connectivity index (χ4v) is 1.75. The van der Waals surface area contributed by atoms with E-state index in [1.165, 1.54) is 0 Å². The van der Waals surface area contributed by atoms with E-state index in [9.17, 15) is 0 Å². The molecule has 0 radical (unpaired) electrons. The molecule has 0 saturated carbocycles. The van der Waals surface area contributed by atoms with Gasteiger partial charge in [0.15, 0.2) is 0 Å². The average molecular weight is 261 g/mol. The monoisotopic (exact) mass is 261 g/mol. The Kier molecular flexibility index (Phi) is 9.42. The molecule has 108 valence electrons. The Morgan fingerprint density at radius 3 is 1.28 bits per heavy atom. The molecule has 0 N–H and O–H groups in total. The number of ether oxygens (including phenoxy) is 4. The van der Waals surface area contributed by atoms with Gasteiger partial charge in [0.1, 0.15) is 0 Å². The van der Waals surface area contributed by atoms with Crippen LogP contribution in [0.1, 0.15) is 13.8 Å². The number of rotatable bonds is 1. The second kappa shape index (κ2) is 10.7. The fraction of sp³-hybridized carbons (Fsp3) is 1.00. The van der Waals surface area contributed by atoms with E-state index < -0.39 is 0 Å². The zero-order valence-electron chi connectivity index (χ0n) is 11.7. The summed E-state index contributed by atoms with van der Waals surface area (Å²) in [7, 11) is 0. The van der Waals surface area contributed by atoms with Gasteiger partial charge in [-0.25, -0.2) is 0 Å². The van der Waals surface area contributed by atoms with Crippen molar-refractivity contribution in [1.29, 1.82) is 0 Å². The Labute approximate surface area is 110 Å². The topological polar surface area (TPSA) is 40.2 Å². The summed E-state index contributed by atoms with van der Waals surface area (Å²) in [6, 6.07) is 0.514. The number of hydrogen-bond donors (Lipinski definition) is 0. The Bertz CT molecular complexity index is 174. The van der Waals surface area contributed by atoms with E-state index in [4.69, 9.17) is 18.9 Å². The van der Waals surface area contributed by atoms with E-state index >= 15 is 0 Å². The highest BCUT2D eigenvalue weighted by atomic mass is 16.6. The van der Waals surface area contributed by atoms with Crippen molar-refractivity contribution in [2.75, 3.05) is 65.9 Å². The first-order valence-electron chi connectivity index (χ1n) is 6.85. The molecule has 5 heteroatoms. The molecule has 0 amide bonds. The minimum atomic E-state index is 0.514. The van der Waals surface area contributed by atoms with Crippen LogP contribution in [0, 0.1) is 0 Å². The van der Waals surface area contributed by atoms with Gasteiger partial charge in [0, 0.05) is 19.1 Å². The Morgan fingerprint density at radius 1 is 0.611 bits per heavy atom. The molecular weight excluding hydrogens is 234 g/mol. The molecule has 1 rings (SSSR count). The van der Waals surface area contributed by atoms with Crippen LogP contribution in [-0.4, -0.2) is 76.9 Å². The second-order valence-electron chi connectivity index (χ2n) is 4.58. The van der Waals surface area contributed by atoms with E-state index in [0.717, 1.165) is 26.3 Å². The van der Waals surface area contributed by atoms with E-state index in [-0.39, 0.29) is 0 Å². The summed E-state index contributed by atoms with van der Waals surface area (Å²) in [4.78, 5) is 2.36. The number of hydrogen-bond acceptors (Lipinski definition) is 5. The highest BCUT2D eigenvalue weighted by molar-refractivity contribution is 4.62. The minimum absolute atomic E-state index is 0.514. The highest BCUT2D eigenvalue weighted by Gasteiger charge is 2.09. The summed E-state index contributed by atoms with van der Waals surface area (Å²) >= 11 is 0. The molecule has 1 fully saturated rings. The van der Waals surface area contributed by atoms with Crippen LogP contribution < -0.4 is 0 Å². The zero-order valence-corrected chi connectivity index (χ0v) is 11.7. The summed E-state index contributed by atoms with van der Waals surface area (Å²) in [6.07, 6.45) is 0. The van der Waals surface area contributed by atoms with Crippen molar-refractivity contribution in [2.45, 2.75) is 19.9 Å². The second-order valence-corrected chi connectivity index (χ2v) is 4.58. The molecule has 1 heterocycles. The van der Waals surface area contributed by atoms with Crippen molar-refractivity contribution >= 4 is 0 Å². The van der Waals surface area contributed by atoms with Gasteiger partial charge in [-0.3, -0.25) is 4.90 Å². The van der Waals surface area contributed by atoms with Gasteiger partial charge >= 0.3 is 0 Å². The summed E-state index contributed by atoms with van der Waals surface area (Å²) in [5.41, 5.74) is 0. The highest BCUT2D eigenvalue weighted by Crippen LogP contribution is 1.98. The maximum absolute atomic E-state index is 5.54. The van der Waals surface area contributed by atoms with Gasteiger partial charge in [-0.2, -0.15) is 0 Å². The van der Waals surface area contributed by atoms with Gasteiger partial charge < -0.3 is 18.9 Å². The smallest absolute Gasteiger partial charge is 0.0701 e. The quantitative estimate of drug-likeness (QED) is 0.697. The third-order valence-corrected chi connectivity index (χ3v) is 2.89. The van der Waals surface area contributed by atoms with E-state index in [2.05, 4.69) is 18.7 Å². The normalized spacial score (nSPS) is 23.5. The summed E-state index contributed by atoms with van der Waals surface area (Å²) in [5, 5.41) is 0. The molecular formula is C13H27NO4. The fourth-order valence-electron chi connectivity index (χ4n) is 1.75. The summed E-state index contributed by atoms with van der Waals surface area (Å²) < 4.78 is 21.8. The van der Waals surface area contributed by atoms with Crippen molar-refractivity contribution < 1.29 is 18.9 Å². The molecule has 18 heavy (non-hydrogen) atoms. The van der Waals surface area contributed by atoms with Crippen molar-refractivity contribution in [3.05, 3.63) is 0 Å². The van der Waals surface area contributed by atoms with E-state index in [1.54, 1.807) is 0 Å². The van der Waals surface area contributed by atoms with Crippen LogP contribution in [0.25, 0.3) is 0 Å². The molecule has 0 aliphatic carbocycles. The summed E-state index contributed by atoms with van der Waals surface area (Å²) in [6.45, 7) is 11.6. The molecule has 1 aliphatic heterocycles. The van der Waals surface area contributed by atoms with Gasteiger partial charge in [-0.15, -0.1) is 0 Å². The first-order valence-corrected chi connectivity index (χ1v) is 6.85. The lowest BCUT2D eigenvalue weighted by molar-refractivity contribution is 0.00206. The summed E-state index contributed by atoms with van der Waals surface area (Å²) in [5.74, 6) is 0. The maximum atomic E-state index is 5.54. The maximum Gasteiger partial charge on any atom is 0.0701 e. The predicted octanol–water partition coefficient (Wildman–Crippen LogP) is 0.777. The van der Waals surface area contributed by atoms with Gasteiger partial charge in [0.2, 0.25) is 0 Å². The number of nitrogens with zero attached hydrogens (tertiary/aromatic N) is 1. The van der Waals surface area contributed by atoms with E-state index in [1.807, 2.05) is 0 Å². The minimum Gasteiger partial charge on any atom is -0.378 e.